The van der Waals surface area contributed by atoms with Crippen LogP contribution in [0.3, 0.4) is 0 Å². The molecule has 1 aliphatic rings. The second kappa shape index (κ2) is 7.80. The van der Waals surface area contributed by atoms with Crippen LogP contribution in [0, 0.1) is 0 Å². The summed E-state index contributed by atoms with van der Waals surface area (Å²) in [5.74, 6) is 0.314. The molecule has 2 heterocycles. The van der Waals surface area contributed by atoms with Gasteiger partial charge in [0.25, 0.3) is 5.91 Å². The summed E-state index contributed by atoms with van der Waals surface area (Å²) in [6.45, 7) is 5.47. The lowest BCUT2D eigenvalue weighted by Gasteiger charge is -2.35. The average molecular weight is 344 g/mol. The first-order chi connectivity index (χ1) is 12.0. The third-order valence-corrected chi connectivity index (χ3v) is 4.18. The van der Waals surface area contributed by atoms with Crippen molar-refractivity contribution in [3.63, 3.8) is 0 Å². The number of benzene rings is 1. The fourth-order valence-corrected chi connectivity index (χ4v) is 2.95. The maximum atomic E-state index is 12.3. The van der Waals surface area contributed by atoms with Gasteiger partial charge in [-0.1, -0.05) is 35.5 Å². The van der Waals surface area contributed by atoms with Gasteiger partial charge in [-0.05, 0) is 32.3 Å². The van der Waals surface area contributed by atoms with Crippen LogP contribution in [0.1, 0.15) is 48.5 Å². The predicted molar refractivity (Wildman–Crippen MR) is 92.0 cm³/mol. The molecule has 2 aromatic rings. The molecule has 1 amide bonds. The summed E-state index contributed by atoms with van der Waals surface area (Å²) in [5.41, 5.74) is 1.15. The van der Waals surface area contributed by atoms with Crippen LogP contribution in [-0.4, -0.2) is 29.3 Å². The van der Waals surface area contributed by atoms with E-state index in [1.165, 1.54) is 0 Å². The highest BCUT2D eigenvalue weighted by Gasteiger charge is 2.30. The van der Waals surface area contributed by atoms with Gasteiger partial charge in [0.15, 0.2) is 11.5 Å². The van der Waals surface area contributed by atoms with Crippen LogP contribution in [0.2, 0.25) is 0 Å². The van der Waals surface area contributed by atoms with Gasteiger partial charge in [0.05, 0.1) is 12.2 Å². The molecular weight excluding hydrogens is 320 g/mol. The van der Waals surface area contributed by atoms with Gasteiger partial charge >= 0.3 is 0 Å². The minimum Gasteiger partial charge on any atom is -0.375 e. The Morgan fingerprint density at radius 1 is 1.32 bits per heavy atom. The van der Waals surface area contributed by atoms with E-state index >= 15 is 0 Å². The van der Waals surface area contributed by atoms with E-state index in [0.717, 1.165) is 18.4 Å². The summed E-state index contributed by atoms with van der Waals surface area (Å²) in [6, 6.07) is 11.6. The number of nitrogens with zero attached hydrogens (tertiary/aromatic N) is 1. The molecular formula is C19H24N2O4. The molecule has 25 heavy (non-hydrogen) atoms. The third-order valence-electron chi connectivity index (χ3n) is 4.18. The van der Waals surface area contributed by atoms with Gasteiger partial charge in [0, 0.05) is 18.7 Å². The molecule has 0 saturated carbocycles. The van der Waals surface area contributed by atoms with Crippen molar-refractivity contribution in [2.45, 2.75) is 51.5 Å². The van der Waals surface area contributed by atoms with Crippen LogP contribution >= 0.6 is 0 Å². The van der Waals surface area contributed by atoms with Crippen molar-refractivity contribution in [1.82, 2.24) is 10.5 Å². The number of aromatic nitrogens is 1. The smallest absolute Gasteiger partial charge is 0.273 e. The highest BCUT2D eigenvalue weighted by Crippen LogP contribution is 2.24. The van der Waals surface area contributed by atoms with Crippen LogP contribution in [0.25, 0.3) is 0 Å². The van der Waals surface area contributed by atoms with Crippen molar-refractivity contribution in [2.24, 2.45) is 0 Å². The summed E-state index contributed by atoms with van der Waals surface area (Å²) in [7, 11) is 0. The van der Waals surface area contributed by atoms with Crippen molar-refractivity contribution in [1.29, 1.82) is 0 Å². The molecule has 0 radical (unpaired) electrons. The fourth-order valence-electron chi connectivity index (χ4n) is 2.95. The zero-order valence-corrected chi connectivity index (χ0v) is 14.7. The number of carbonyl (C=O) groups excluding carboxylic acids is 1. The predicted octanol–water partition coefficient (Wildman–Crippen LogP) is 3.08. The van der Waals surface area contributed by atoms with Crippen LogP contribution in [0.15, 0.2) is 40.9 Å². The van der Waals surface area contributed by atoms with Gasteiger partial charge in [-0.15, -0.1) is 0 Å². The topological polar surface area (TPSA) is 73.6 Å². The second-order valence-electron chi connectivity index (χ2n) is 6.93. The Balaban J connectivity index is 1.48. The summed E-state index contributed by atoms with van der Waals surface area (Å²) in [4.78, 5) is 12.3. The molecule has 1 aromatic heterocycles. The van der Waals surface area contributed by atoms with Gasteiger partial charge < -0.3 is 19.3 Å². The zero-order chi connectivity index (χ0) is 17.7. The number of rotatable bonds is 6. The minimum atomic E-state index is -0.222. The first kappa shape index (κ1) is 17.6. The van der Waals surface area contributed by atoms with E-state index in [9.17, 15) is 4.79 Å². The Kier molecular flexibility index (Phi) is 5.50. The molecule has 6 nitrogen and oxygen atoms in total. The van der Waals surface area contributed by atoms with Crippen molar-refractivity contribution in [3.05, 3.63) is 53.4 Å². The van der Waals surface area contributed by atoms with Crippen molar-refractivity contribution < 1.29 is 18.8 Å². The minimum absolute atomic E-state index is 0.0886. The molecule has 0 aliphatic carbocycles. The first-order valence-electron chi connectivity index (χ1n) is 8.54. The van der Waals surface area contributed by atoms with Gasteiger partial charge in [0.1, 0.15) is 6.61 Å². The van der Waals surface area contributed by atoms with Crippen LogP contribution in [0.5, 0.6) is 0 Å². The summed E-state index contributed by atoms with van der Waals surface area (Å²) < 4.78 is 16.5. The zero-order valence-electron chi connectivity index (χ0n) is 14.7. The molecule has 1 fully saturated rings. The highest BCUT2D eigenvalue weighted by atomic mass is 16.5. The summed E-state index contributed by atoms with van der Waals surface area (Å²) in [5, 5.41) is 6.85. The molecule has 3 rings (SSSR count). The number of hydrogen-bond donors (Lipinski definition) is 1. The SMILES string of the molecule is CC1(C)CC(NC(=O)c2cc(COCc3ccccc3)on2)CCO1. The molecule has 0 bridgehead atoms. The third kappa shape index (κ3) is 5.14. The van der Waals surface area contributed by atoms with Crippen molar-refractivity contribution in [2.75, 3.05) is 6.61 Å². The lowest BCUT2D eigenvalue weighted by molar-refractivity contribution is -0.0615. The largest absolute Gasteiger partial charge is 0.375 e. The Morgan fingerprint density at radius 3 is 2.88 bits per heavy atom. The summed E-state index contributed by atoms with van der Waals surface area (Å²) >= 11 is 0. The number of carbonyl (C=O) groups is 1. The number of ether oxygens (including phenoxy) is 2. The van der Waals surface area contributed by atoms with Gasteiger partial charge in [-0.2, -0.15) is 0 Å². The highest BCUT2D eigenvalue weighted by molar-refractivity contribution is 5.92. The van der Waals surface area contributed by atoms with E-state index in [-0.39, 0.29) is 29.9 Å². The van der Waals surface area contributed by atoms with E-state index in [0.29, 0.717) is 19.0 Å². The first-order valence-corrected chi connectivity index (χ1v) is 8.54. The lowest BCUT2D eigenvalue weighted by atomic mass is 9.94. The monoisotopic (exact) mass is 344 g/mol. The van der Waals surface area contributed by atoms with Gasteiger partial charge in [-0.3, -0.25) is 4.79 Å². The van der Waals surface area contributed by atoms with Crippen molar-refractivity contribution >= 4 is 5.91 Å². The molecule has 1 aliphatic heterocycles. The quantitative estimate of drug-likeness (QED) is 0.872. The average Bonchev–Trinajstić information content (AvgIpc) is 3.04. The fraction of sp³-hybridized carbons (Fsp3) is 0.474. The van der Waals surface area contributed by atoms with E-state index in [1.807, 2.05) is 44.2 Å². The molecule has 0 spiro atoms. The van der Waals surface area contributed by atoms with E-state index in [4.69, 9.17) is 14.0 Å². The van der Waals surface area contributed by atoms with Crippen LogP contribution in [-0.2, 0) is 22.7 Å². The second-order valence-corrected chi connectivity index (χ2v) is 6.93. The number of hydrogen-bond acceptors (Lipinski definition) is 5. The molecule has 1 N–H and O–H groups in total. The van der Waals surface area contributed by atoms with Crippen molar-refractivity contribution in [3.8, 4) is 0 Å². The van der Waals surface area contributed by atoms with E-state index in [1.54, 1.807) is 6.07 Å². The van der Waals surface area contributed by atoms with E-state index < -0.39 is 0 Å². The maximum Gasteiger partial charge on any atom is 0.273 e. The molecule has 1 unspecified atom stereocenters. The molecule has 1 saturated heterocycles. The Hall–Kier alpha value is -2.18. The molecule has 134 valence electrons. The standard InChI is InChI=1S/C19H24N2O4/c1-19(2)11-15(8-9-24-19)20-18(22)17-10-16(25-21-17)13-23-12-14-6-4-3-5-7-14/h3-7,10,15H,8-9,11-13H2,1-2H3,(H,20,22). The molecule has 6 heteroatoms. The summed E-state index contributed by atoms with van der Waals surface area (Å²) in [6.07, 6.45) is 1.59. The number of amides is 1. The number of nitrogens with one attached hydrogen (secondary N) is 1. The molecule has 1 aromatic carbocycles. The van der Waals surface area contributed by atoms with Gasteiger partial charge in [-0.25, -0.2) is 0 Å². The lowest BCUT2D eigenvalue weighted by Crippen LogP contribution is -2.45. The molecule has 1 atom stereocenters. The normalized spacial score (nSPS) is 19.5. The van der Waals surface area contributed by atoms with Crippen LogP contribution in [0.4, 0.5) is 0 Å². The van der Waals surface area contributed by atoms with Crippen LogP contribution < -0.4 is 5.32 Å². The Labute approximate surface area is 147 Å². The Bertz CT molecular complexity index is 696. The maximum absolute atomic E-state index is 12.3. The van der Waals surface area contributed by atoms with E-state index in [2.05, 4.69) is 10.5 Å². The van der Waals surface area contributed by atoms with Gasteiger partial charge in [0.2, 0.25) is 0 Å². The Morgan fingerprint density at radius 2 is 2.12 bits per heavy atom.